The summed E-state index contributed by atoms with van der Waals surface area (Å²) >= 11 is 7.27. The van der Waals surface area contributed by atoms with Crippen LogP contribution in [0.5, 0.6) is 0 Å². The van der Waals surface area contributed by atoms with Crippen LogP contribution < -0.4 is 10.6 Å². The van der Waals surface area contributed by atoms with Crippen LogP contribution in [-0.4, -0.2) is 16.2 Å². The molecule has 0 aliphatic rings. The van der Waals surface area contributed by atoms with Crippen LogP contribution in [0.1, 0.15) is 69.7 Å². The van der Waals surface area contributed by atoms with E-state index in [0.29, 0.717) is 15.8 Å². The number of amides is 2. The molecule has 1 aromatic carbocycles. The van der Waals surface area contributed by atoms with Gasteiger partial charge in [-0.3, -0.25) is 5.32 Å². The molecule has 2 N–H and O–H groups in total. The van der Waals surface area contributed by atoms with E-state index < -0.39 is 0 Å². The summed E-state index contributed by atoms with van der Waals surface area (Å²) in [5.41, 5.74) is 0.677. The van der Waals surface area contributed by atoms with E-state index in [9.17, 15) is 4.79 Å². The summed E-state index contributed by atoms with van der Waals surface area (Å²) in [6, 6.07) is 6.62. The van der Waals surface area contributed by atoms with Gasteiger partial charge in [-0.2, -0.15) is 0 Å². The van der Waals surface area contributed by atoms with Crippen molar-refractivity contribution in [3.63, 3.8) is 0 Å². The van der Waals surface area contributed by atoms with E-state index in [2.05, 4.69) is 27.8 Å². The Morgan fingerprint density at radius 2 is 1.56 bits per heavy atom. The quantitative estimate of drug-likeness (QED) is 0.375. The Labute approximate surface area is 170 Å². The zero-order valence-electron chi connectivity index (χ0n) is 16.0. The van der Waals surface area contributed by atoms with Gasteiger partial charge in [0.05, 0.1) is 0 Å². The van der Waals surface area contributed by atoms with E-state index >= 15 is 0 Å². The molecule has 7 heteroatoms. The Balaban J connectivity index is 1.59. The molecule has 0 aliphatic carbocycles. The molecule has 0 fully saturated rings. The SMILES string of the molecule is CCCCCCCCCCCc1nnc(NC(=O)Nc2ccc(Cl)cc2)s1. The number of anilines is 2. The van der Waals surface area contributed by atoms with Gasteiger partial charge in [0.1, 0.15) is 5.01 Å². The number of nitrogens with one attached hydrogen (secondary N) is 2. The van der Waals surface area contributed by atoms with Crippen LogP contribution in [0.25, 0.3) is 0 Å². The smallest absolute Gasteiger partial charge is 0.308 e. The molecule has 2 aromatic rings. The van der Waals surface area contributed by atoms with Crippen molar-refractivity contribution in [2.24, 2.45) is 0 Å². The first-order valence-corrected chi connectivity index (χ1v) is 11.0. The monoisotopic (exact) mass is 408 g/mol. The Kier molecular flexibility index (Phi) is 10.2. The third kappa shape index (κ3) is 9.20. The van der Waals surface area contributed by atoms with Crippen molar-refractivity contribution in [3.8, 4) is 0 Å². The fourth-order valence-corrected chi connectivity index (χ4v) is 3.69. The summed E-state index contributed by atoms with van der Waals surface area (Å²) in [5, 5.41) is 15.8. The highest BCUT2D eigenvalue weighted by Crippen LogP contribution is 2.19. The van der Waals surface area contributed by atoms with E-state index in [4.69, 9.17) is 11.6 Å². The van der Waals surface area contributed by atoms with Gasteiger partial charge in [0.25, 0.3) is 0 Å². The predicted octanol–water partition coefficient (Wildman–Crippen LogP) is 6.91. The molecule has 0 aliphatic heterocycles. The third-order valence-electron chi connectivity index (χ3n) is 4.28. The summed E-state index contributed by atoms with van der Waals surface area (Å²) in [4.78, 5) is 12.0. The van der Waals surface area contributed by atoms with Gasteiger partial charge < -0.3 is 5.32 Å². The topological polar surface area (TPSA) is 66.9 Å². The zero-order chi connectivity index (χ0) is 19.3. The van der Waals surface area contributed by atoms with Crippen molar-refractivity contribution in [2.45, 2.75) is 71.1 Å². The number of urea groups is 1. The van der Waals surface area contributed by atoms with Crippen molar-refractivity contribution in [2.75, 3.05) is 10.6 Å². The molecule has 0 saturated carbocycles. The minimum Gasteiger partial charge on any atom is -0.308 e. The van der Waals surface area contributed by atoms with Gasteiger partial charge >= 0.3 is 6.03 Å². The minimum absolute atomic E-state index is 0.330. The minimum atomic E-state index is -0.330. The average molecular weight is 409 g/mol. The molecule has 0 atom stereocenters. The average Bonchev–Trinajstić information content (AvgIpc) is 3.09. The fraction of sp³-hybridized carbons (Fsp3) is 0.550. The summed E-state index contributed by atoms with van der Waals surface area (Å²) in [5.74, 6) is 0. The number of hydrogen-bond donors (Lipinski definition) is 2. The summed E-state index contributed by atoms with van der Waals surface area (Å²) < 4.78 is 0. The Bertz CT molecular complexity index is 675. The molecule has 0 unspecified atom stereocenters. The van der Waals surface area contributed by atoms with Gasteiger partial charge in [-0.05, 0) is 30.7 Å². The number of halogens is 1. The van der Waals surface area contributed by atoms with Crippen molar-refractivity contribution < 1.29 is 4.79 Å². The lowest BCUT2D eigenvalue weighted by atomic mass is 10.1. The number of carbonyl (C=O) groups is 1. The summed E-state index contributed by atoms with van der Waals surface area (Å²) in [6.45, 7) is 2.25. The molecule has 148 valence electrons. The van der Waals surface area contributed by atoms with E-state index in [1.165, 1.54) is 62.7 Å². The number of rotatable bonds is 12. The molecule has 0 saturated heterocycles. The normalized spacial score (nSPS) is 10.7. The van der Waals surface area contributed by atoms with E-state index in [1.807, 2.05) is 0 Å². The van der Waals surface area contributed by atoms with Crippen molar-refractivity contribution >= 4 is 39.8 Å². The van der Waals surface area contributed by atoms with Crippen LogP contribution in [-0.2, 0) is 6.42 Å². The second kappa shape index (κ2) is 12.7. The molecule has 0 radical (unpaired) electrons. The first-order chi connectivity index (χ1) is 13.2. The molecule has 0 spiro atoms. The molecule has 27 heavy (non-hydrogen) atoms. The molecule has 2 amide bonds. The molecule has 5 nitrogen and oxygen atoms in total. The van der Waals surface area contributed by atoms with Crippen molar-refractivity contribution in [1.82, 2.24) is 10.2 Å². The van der Waals surface area contributed by atoms with Gasteiger partial charge in [0.15, 0.2) is 0 Å². The highest BCUT2D eigenvalue weighted by Gasteiger charge is 2.08. The lowest BCUT2D eigenvalue weighted by molar-refractivity contribution is 0.262. The largest absolute Gasteiger partial charge is 0.325 e. The van der Waals surface area contributed by atoms with Crippen LogP contribution >= 0.6 is 22.9 Å². The first-order valence-electron chi connectivity index (χ1n) is 9.83. The van der Waals surface area contributed by atoms with Gasteiger partial charge in [-0.25, -0.2) is 4.79 Å². The van der Waals surface area contributed by atoms with Crippen molar-refractivity contribution in [1.29, 1.82) is 0 Å². The maximum atomic E-state index is 12.0. The Morgan fingerprint density at radius 3 is 2.22 bits per heavy atom. The lowest BCUT2D eigenvalue weighted by Gasteiger charge is -2.04. The lowest BCUT2D eigenvalue weighted by Crippen LogP contribution is -2.19. The van der Waals surface area contributed by atoms with Crippen LogP contribution in [0.3, 0.4) is 0 Å². The molecule has 1 heterocycles. The van der Waals surface area contributed by atoms with E-state index in [-0.39, 0.29) is 6.03 Å². The summed E-state index contributed by atoms with van der Waals surface area (Å²) in [7, 11) is 0. The maximum Gasteiger partial charge on any atom is 0.325 e. The molecule has 2 rings (SSSR count). The predicted molar refractivity (Wildman–Crippen MR) is 115 cm³/mol. The van der Waals surface area contributed by atoms with E-state index in [1.54, 1.807) is 24.3 Å². The Hall–Kier alpha value is -1.66. The number of nitrogens with zero attached hydrogens (tertiary/aromatic N) is 2. The number of benzene rings is 1. The zero-order valence-corrected chi connectivity index (χ0v) is 17.5. The van der Waals surface area contributed by atoms with Crippen LogP contribution in [0.15, 0.2) is 24.3 Å². The van der Waals surface area contributed by atoms with Crippen molar-refractivity contribution in [3.05, 3.63) is 34.3 Å². The number of carbonyl (C=O) groups excluding carboxylic acids is 1. The fourth-order valence-electron chi connectivity index (χ4n) is 2.78. The van der Waals surface area contributed by atoms with E-state index in [0.717, 1.165) is 17.8 Å². The van der Waals surface area contributed by atoms with Crippen LogP contribution in [0.4, 0.5) is 15.6 Å². The highest BCUT2D eigenvalue weighted by molar-refractivity contribution is 7.15. The number of unbranched alkanes of at least 4 members (excludes halogenated alkanes) is 8. The first kappa shape index (κ1) is 21.6. The number of aryl methyl sites for hydroxylation is 1. The van der Waals surface area contributed by atoms with Gasteiger partial charge in [-0.15, -0.1) is 10.2 Å². The van der Waals surface area contributed by atoms with Crippen LogP contribution in [0.2, 0.25) is 5.02 Å². The second-order valence-electron chi connectivity index (χ2n) is 6.67. The molecular formula is C20H29ClN4OS. The standard InChI is InChI=1S/C20H29ClN4OS/c1-2-3-4-5-6-7-8-9-10-11-18-24-25-20(27-18)23-19(26)22-17-14-12-16(21)13-15-17/h12-15H,2-11H2,1H3,(H2,22,23,25,26). The number of hydrogen-bond acceptors (Lipinski definition) is 4. The third-order valence-corrected chi connectivity index (χ3v) is 5.43. The molecular weight excluding hydrogens is 380 g/mol. The number of aromatic nitrogens is 2. The summed E-state index contributed by atoms with van der Waals surface area (Å²) in [6.07, 6.45) is 12.7. The molecule has 1 aromatic heterocycles. The Morgan fingerprint density at radius 1 is 0.926 bits per heavy atom. The maximum absolute atomic E-state index is 12.0. The molecule has 0 bridgehead atoms. The second-order valence-corrected chi connectivity index (χ2v) is 8.16. The van der Waals surface area contributed by atoms with Gasteiger partial charge in [0, 0.05) is 17.1 Å². The van der Waals surface area contributed by atoms with Gasteiger partial charge in [0.2, 0.25) is 5.13 Å². The highest BCUT2D eigenvalue weighted by atomic mass is 35.5. The van der Waals surface area contributed by atoms with Crippen LogP contribution in [0, 0.1) is 0 Å². The van der Waals surface area contributed by atoms with Gasteiger partial charge in [-0.1, -0.05) is 81.2 Å².